The first-order chi connectivity index (χ1) is 9.13. The Bertz CT molecular complexity index is 334. The zero-order valence-corrected chi connectivity index (χ0v) is 12.1. The van der Waals surface area contributed by atoms with Gasteiger partial charge in [-0.05, 0) is 50.9 Å². The van der Waals surface area contributed by atoms with E-state index >= 15 is 0 Å². The molecule has 0 bridgehead atoms. The van der Waals surface area contributed by atoms with E-state index in [-0.39, 0.29) is 23.8 Å². The highest BCUT2D eigenvalue weighted by atomic mass is 16.5. The number of esters is 1. The number of carbonyl (C=O) groups is 2. The Hall–Kier alpha value is -1.06. The molecule has 0 aromatic carbocycles. The van der Waals surface area contributed by atoms with Gasteiger partial charge in [-0.2, -0.15) is 0 Å². The minimum atomic E-state index is -0.342. The van der Waals surface area contributed by atoms with E-state index in [0.29, 0.717) is 6.54 Å². The van der Waals surface area contributed by atoms with Gasteiger partial charge in [-0.15, -0.1) is 0 Å². The van der Waals surface area contributed by atoms with Crippen molar-refractivity contribution in [3.8, 4) is 0 Å². The van der Waals surface area contributed by atoms with E-state index in [9.17, 15) is 9.59 Å². The van der Waals surface area contributed by atoms with Crippen molar-refractivity contribution < 1.29 is 14.3 Å². The smallest absolute Gasteiger partial charge is 0.328 e. The van der Waals surface area contributed by atoms with E-state index in [1.807, 2.05) is 0 Å². The molecule has 2 aliphatic rings. The maximum atomic E-state index is 12.6. The predicted octanol–water partition coefficient (Wildman–Crippen LogP) is 2.37. The molecule has 0 radical (unpaired) electrons. The number of rotatable bonds is 2. The van der Waals surface area contributed by atoms with Crippen LogP contribution in [-0.4, -0.2) is 36.5 Å². The lowest BCUT2D eigenvalue weighted by Gasteiger charge is -2.37. The minimum absolute atomic E-state index is 0.126. The van der Waals surface area contributed by atoms with Crippen LogP contribution >= 0.6 is 0 Å². The van der Waals surface area contributed by atoms with Crippen LogP contribution in [0.2, 0.25) is 0 Å². The molecule has 1 unspecified atom stereocenters. The van der Waals surface area contributed by atoms with Gasteiger partial charge >= 0.3 is 5.97 Å². The van der Waals surface area contributed by atoms with Gasteiger partial charge in [0.2, 0.25) is 5.91 Å². The largest absolute Gasteiger partial charge is 0.467 e. The molecule has 1 saturated heterocycles. The van der Waals surface area contributed by atoms with E-state index in [1.54, 1.807) is 4.90 Å². The fourth-order valence-electron chi connectivity index (χ4n) is 3.32. The first-order valence-corrected chi connectivity index (χ1v) is 7.51. The summed E-state index contributed by atoms with van der Waals surface area (Å²) in [7, 11) is 1.40. The van der Waals surface area contributed by atoms with Crippen molar-refractivity contribution in [1.82, 2.24) is 4.90 Å². The summed E-state index contributed by atoms with van der Waals surface area (Å²) < 4.78 is 4.84. The van der Waals surface area contributed by atoms with Crippen LogP contribution < -0.4 is 0 Å². The molecule has 4 nitrogen and oxygen atoms in total. The Morgan fingerprint density at radius 3 is 2.37 bits per heavy atom. The van der Waals surface area contributed by atoms with Crippen LogP contribution in [-0.2, 0) is 14.3 Å². The van der Waals surface area contributed by atoms with Crippen molar-refractivity contribution in [1.29, 1.82) is 0 Å². The van der Waals surface area contributed by atoms with Gasteiger partial charge in [-0.1, -0.05) is 6.92 Å². The summed E-state index contributed by atoms with van der Waals surface area (Å²) in [4.78, 5) is 26.2. The van der Waals surface area contributed by atoms with Crippen LogP contribution in [0.3, 0.4) is 0 Å². The topological polar surface area (TPSA) is 46.6 Å². The van der Waals surface area contributed by atoms with Gasteiger partial charge in [0.1, 0.15) is 6.04 Å². The second-order valence-electron chi connectivity index (χ2n) is 6.02. The molecular weight excluding hydrogens is 242 g/mol. The third-order valence-corrected chi connectivity index (χ3v) is 4.62. The number of nitrogens with zero attached hydrogens (tertiary/aromatic N) is 1. The zero-order valence-electron chi connectivity index (χ0n) is 12.1. The van der Waals surface area contributed by atoms with Crippen molar-refractivity contribution in [2.45, 2.75) is 57.9 Å². The average Bonchev–Trinajstić information content (AvgIpc) is 2.46. The third kappa shape index (κ3) is 3.28. The Balaban J connectivity index is 2.01. The van der Waals surface area contributed by atoms with Crippen molar-refractivity contribution in [3.05, 3.63) is 0 Å². The quantitative estimate of drug-likeness (QED) is 0.722. The Labute approximate surface area is 115 Å². The molecule has 19 heavy (non-hydrogen) atoms. The molecular formula is C15H25NO3. The summed E-state index contributed by atoms with van der Waals surface area (Å²) in [5.41, 5.74) is 0. The highest BCUT2D eigenvalue weighted by Crippen LogP contribution is 2.31. The number of carbonyl (C=O) groups excluding carboxylic acids is 2. The average molecular weight is 267 g/mol. The molecule has 0 N–H and O–H groups in total. The minimum Gasteiger partial charge on any atom is -0.467 e. The molecule has 1 aliphatic heterocycles. The van der Waals surface area contributed by atoms with Crippen molar-refractivity contribution >= 4 is 11.9 Å². The number of hydrogen-bond acceptors (Lipinski definition) is 3. The Morgan fingerprint density at radius 2 is 1.74 bits per heavy atom. The molecule has 1 atom stereocenters. The number of ether oxygens (including phenoxy) is 1. The second kappa shape index (κ2) is 6.40. The SMILES string of the molecule is COC(=O)C1CCCCN1C(=O)C1CCC(C)CC1. The van der Waals surface area contributed by atoms with Crippen LogP contribution in [0.25, 0.3) is 0 Å². The van der Waals surface area contributed by atoms with Crippen molar-refractivity contribution in [2.75, 3.05) is 13.7 Å². The van der Waals surface area contributed by atoms with Crippen LogP contribution in [0, 0.1) is 11.8 Å². The fourth-order valence-corrected chi connectivity index (χ4v) is 3.32. The lowest BCUT2D eigenvalue weighted by Crippen LogP contribution is -2.50. The molecule has 4 heteroatoms. The second-order valence-corrected chi connectivity index (χ2v) is 6.02. The summed E-state index contributed by atoms with van der Waals surface area (Å²) in [6, 6.07) is -0.342. The number of methoxy groups -OCH3 is 1. The van der Waals surface area contributed by atoms with Crippen LogP contribution in [0.15, 0.2) is 0 Å². The lowest BCUT2D eigenvalue weighted by atomic mass is 9.82. The number of likely N-dealkylation sites (tertiary alicyclic amines) is 1. The number of amides is 1. The molecule has 1 saturated carbocycles. The van der Waals surface area contributed by atoms with E-state index in [2.05, 4.69) is 6.92 Å². The summed E-state index contributed by atoms with van der Waals surface area (Å²) in [6.07, 6.45) is 6.98. The first kappa shape index (κ1) is 14.4. The van der Waals surface area contributed by atoms with E-state index < -0.39 is 0 Å². The standard InChI is InChI=1S/C15H25NO3/c1-11-6-8-12(9-7-11)14(17)16-10-4-3-5-13(16)15(18)19-2/h11-13H,3-10H2,1-2H3. The van der Waals surface area contributed by atoms with Gasteiger partial charge in [0.05, 0.1) is 7.11 Å². The van der Waals surface area contributed by atoms with Crippen LogP contribution in [0.4, 0.5) is 0 Å². The van der Waals surface area contributed by atoms with Gasteiger partial charge in [0, 0.05) is 12.5 Å². The van der Waals surface area contributed by atoms with Crippen molar-refractivity contribution in [3.63, 3.8) is 0 Å². The van der Waals surface area contributed by atoms with Crippen molar-refractivity contribution in [2.24, 2.45) is 11.8 Å². The van der Waals surface area contributed by atoms with E-state index in [4.69, 9.17) is 4.74 Å². The fraction of sp³-hybridized carbons (Fsp3) is 0.867. The Kier molecular flexibility index (Phi) is 4.83. The van der Waals surface area contributed by atoms with E-state index in [0.717, 1.165) is 50.9 Å². The number of hydrogen-bond donors (Lipinski definition) is 0. The summed E-state index contributed by atoms with van der Waals surface area (Å²) in [5.74, 6) is 0.794. The molecule has 0 spiro atoms. The molecule has 1 aliphatic carbocycles. The van der Waals surface area contributed by atoms with Gasteiger partial charge < -0.3 is 9.64 Å². The molecule has 2 fully saturated rings. The van der Waals surface area contributed by atoms with Gasteiger partial charge in [-0.25, -0.2) is 4.79 Å². The Morgan fingerprint density at radius 1 is 1.05 bits per heavy atom. The van der Waals surface area contributed by atoms with E-state index in [1.165, 1.54) is 7.11 Å². The normalized spacial score (nSPS) is 31.9. The van der Waals surface area contributed by atoms with Gasteiger partial charge in [0.25, 0.3) is 0 Å². The maximum Gasteiger partial charge on any atom is 0.328 e. The summed E-state index contributed by atoms with van der Waals surface area (Å²) in [5, 5.41) is 0. The summed E-state index contributed by atoms with van der Waals surface area (Å²) in [6.45, 7) is 2.96. The van der Waals surface area contributed by atoms with Gasteiger partial charge in [-0.3, -0.25) is 4.79 Å². The molecule has 0 aromatic heterocycles. The molecule has 1 amide bonds. The monoisotopic (exact) mass is 267 g/mol. The highest BCUT2D eigenvalue weighted by molar-refractivity contribution is 5.86. The number of piperidine rings is 1. The molecule has 2 rings (SSSR count). The molecule has 1 heterocycles. The lowest BCUT2D eigenvalue weighted by molar-refractivity contribution is -0.156. The van der Waals surface area contributed by atoms with Crippen LogP contribution in [0.1, 0.15) is 51.9 Å². The molecule has 108 valence electrons. The maximum absolute atomic E-state index is 12.6. The predicted molar refractivity (Wildman–Crippen MR) is 72.5 cm³/mol. The van der Waals surface area contributed by atoms with Gasteiger partial charge in [0.15, 0.2) is 0 Å². The zero-order chi connectivity index (χ0) is 13.8. The summed E-state index contributed by atoms with van der Waals surface area (Å²) >= 11 is 0. The third-order valence-electron chi connectivity index (χ3n) is 4.62. The van der Waals surface area contributed by atoms with Crippen LogP contribution in [0.5, 0.6) is 0 Å². The first-order valence-electron chi connectivity index (χ1n) is 7.51. The highest BCUT2D eigenvalue weighted by Gasteiger charge is 2.36. The molecule has 0 aromatic rings.